The molecule has 2 aromatic carbocycles. The maximum Gasteiger partial charge on any atom is 0.434 e. The molecule has 0 saturated carbocycles. The Morgan fingerprint density at radius 3 is 2.17 bits per heavy atom. The van der Waals surface area contributed by atoms with Crippen molar-refractivity contribution in [3.05, 3.63) is 78.0 Å². The summed E-state index contributed by atoms with van der Waals surface area (Å²) in [6, 6.07) is 19.1. The van der Waals surface area contributed by atoms with E-state index in [1.54, 1.807) is 0 Å². The number of carbonyl (C=O) groups excluding carboxylic acids is 1. The number of carbonyl (C=O) groups is 1. The van der Waals surface area contributed by atoms with E-state index in [-0.39, 0.29) is 0 Å². The van der Waals surface area contributed by atoms with Gasteiger partial charge in [-0.15, -0.1) is 0 Å². The van der Waals surface area contributed by atoms with Crippen molar-refractivity contribution >= 4 is 19.4 Å². The molecule has 0 saturated heterocycles. The van der Waals surface area contributed by atoms with Crippen molar-refractivity contribution in [1.82, 2.24) is 5.06 Å². The van der Waals surface area contributed by atoms with Gasteiger partial charge in [-0.2, -0.15) is 5.06 Å². The highest BCUT2D eigenvalue weighted by Gasteiger charge is 2.25. The zero-order valence-electron chi connectivity index (χ0n) is 14.2. The molecule has 0 fully saturated rings. The molecule has 0 aliphatic heterocycles. The first kappa shape index (κ1) is 18.0. The first-order valence-corrected chi connectivity index (χ1v) is 10.9. The molecular weight excluding hydrogens is 318 g/mol. The average molecular weight is 341 g/mol. The Balaban J connectivity index is 2.33. The van der Waals surface area contributed by atoms with Gasteiger partial charge in [0.2, 0.25) is 0 Å². The maximum atomic E-state index is 11.8. The molecule has 126 valence electrons. The second-order valence-electron chi connectivity index (χ2n) is 6.12. The minimum absolute atomic E-state index is 0.589. The van der Waals surface area contributed by atoms with Gasteiger partial charge in [-0.05, 0) is 5.56 Å². The SMILES string of the molecule is COC(=O)N(O)C(/C=C/[Si](C)(C)c1ccccc1)c1ccccc1. The summed E-state index contributed by atoms with van der Waals surface area (Å²) in [6.45, 7) is 4.45. The standard InChI is InChI=1S/C19H23NO3Si/c1-23-19(21)20(22)18(16-10-6-4-7-11-16)14-15-24(2,3)17-12-8-5-9-13-17/h4-15,18,22H,1-3H3/b15-14+. The van der Waals surface area contributed by atoms with Gasteiger partial charge in [-0.1, -0.05) is 90.7 Å². The Morgan fingerprint density at radius 1 is 1.08 bits per heavy atom. The summed E-state index contributed by atoms with van der Waals surface area (Å²) in [5.41, 5.74) is 2.95. The van der Waals surface area contributed by atoms with Gasteiger partial charge in [0.25, 0.3) is 0 Å². The van der Waals surface area contributed by atoms with Crippen molar-refractivity contribution in [3.63, 3.8) is 0 Å². The monoisotopic (exact) mass is 341 g/mol. The molecule has 0 radical (unpaired) electrons. The molecule has 0 aromatic heterocycles. The van der Waals surface area contributed by atoms with E-state index in [2.05, 4.69) is 35.7 Å². The molecule has 2 aromatic rings. The number of methoxy groups -OCH3 is 1. The zero-order chi connectivity index (χ0) is 17.6. The van der Waals surface area contributed by atoms with Crippen molar-refractivity contribution in [1.29, 1.82) is 0 Å². The van der Waals surface area contributed by atoms with Crippen LogP contribution in [0.3, 0.4) is 0 Å². The van der Waals surface area contributed by atoms with Gasteiger partial charge in [0.1, 0.15) is 14.1 Å². The largest absolute Gasteiger partial charge is 0.451 e. The van der Waals surface area contributed by atoms with Gasteiger partial charge in [0, 0.05) is 0 Å². The molecule has 1 N–H and O–H groups in total. The smallest absolute Gasteiger partial charge is 0.434 e. The van der Waals surface area contributed by atoms with Crippen molar-refractivity contribution < 1.29 is 14.7 Å². The molecule has 1 unspecified atom stereocenters. The van der Waals surface area contributed by atoms with E-state index in [4.69, 9.17) is 0 Å². The first-order chi connectivity index (χ1) is 11.5. The fraction of sp³-hybridized carbons (Fsp3) is 0.211. The summed E-state index contributed by atoms with van der Waals surface area (Å²) in [5, 5.41) is 12.1. The van der Waals surface area contributed by atoms with Crippen LogP contribution >= 0.6 is 0 Å². The molecule has 0 aliphatic carbocycles. The predicted octanol–water partition coefficient (Wildman–Crippen LogP) is 3.90. The van der Waals surface area contributed by atoms with Crippen LogP contribution in [0.25, 0.3) is 0 Å². The van der Waals surface area contributed by atoms with Gasteiger partial charge in [0.15, 0.2) is 0 Å². The molecule has 1 amide bonds. The molecule has 0 bridgehead atoms. The topological polar surface area (TPSA) is 49.8 Å². The number of amides is 1. The zero-order valence-corrected chi connectivity index (χ0v) is 15.2. The summed E-state index contributed by atoms with van der Waals surface area (Å²) in [5.74, 6) is 0. The van der Waals surface area contributed by atoms with Crippen LogP contribution in [0.2, 0.25) is 13.1 Å². The van der Waals surface area contributed by atoms with Crippen LogP contribution in [-0.2, 0) is 4.74 Å². The van der Waals surface area contributed by atoms with E-state index < -0.39 is 20.2 Å². The molecule has 4 nitrogen and oxygen atoms in total. The Bertz CT molecular complexity index is 686. The highest BCUT2D eigenvalue weighted by atomic mass is 28.3. The highest BCUT2D eigenvalue weighted by Crippen LogP contribution is 2.22. The van der Waals surface area contributed by atoms with Gasteiger partial charge >= 0.3 is 6.09 Å². The van der Waals surface area contributed by atoms with Crippen LogP contribution in [0.15, 0.2) is 72.4 Å². The van der Waals surface area contributed by atoms with Crippen molar-refractivity contribution in [2.75, 3.05) is 7.11 Å². The van der Waals surface area contributed by atoms with E-state index in [1.807, 2.05) is 54.6 Å². The Kier molecular flexibility index (Phi) is 5.95. The molecule has 0 spiro atoms. The molecule has 24 heavy (non-hydrogen) atoms. The predicted molar refractivity (Wildman–Crippen MR) is 97.9 cm³/mol. The van der Waals surface area contributed by atoms with Crippen LogP contribution in [0.1, 0.15) is 11.6 Å². The lowest BCUT2D eigenvalue weighted by Crippen LogP contribution is -2.40. The molecule has 2 rings (SSSR count). The van der Waals surface area contributed by atoms with Gasteiger partial charge in [-0.25, -0.2) is 4.79 Å². The van der Waals surface area contributed by atoms with E-state index in [9.17, 15) is 10.0 Å². The number of ether oxygens (including phenoxy) is 1. The third-order valence-electron chi connectivity index (χ3n) is 3.98. The summed E-state index contributed by atoms with van der Waals surface area (Å²) >= 11 is 0. The highest BCUT2D eigenvalue weighted by molar-refractivity contribution is 6.93. The van der Waals surface area contributed by atoms with E-state index in [1.165, 1.54) is 12.3 Å². The number of nitrogens with zero attached hydrogens (tertiary/aromatic N) is 1. The molecule has 1 atom stereocenters. The number of rotatable bonds is 5. The number of benzene rings is 2. The van der Waals surface area contributed by atoms with Crippen LogP contribution in [0.5, 0.6) is 0 Å². The molecule has 5 heteroatoms. The second-order valence-corrected chi connectivity index (χ2v) is 10.5. The number of hydrogen-bond acceptors (Lipinski definition) is 3. The van der Waals surface area contributed by atoms with Gasteiger partial charge < -0.3 is 4.74 Å². The van der Waals surface area contributed by atoms with Gasteiger partial charge in [0.05, 0.1) is 7.11 Å². The van der Waals surface area contributed by atoms with Crippen LogP contribution < -0.4 is 5.19 Å². The van der Waals surface area contributed by atoms with Crippen molar-refractivity contribution in [2.45, 2.75) is 19.1 Å². The summed E-state index contributed by atoms with van der Waals surface area (Å²) in [4.78, 5) is 11.8. The van der Waals surface area contributed by atoms with E-state index in [0.717, 1.165) is 5.56 Å². The lowest BCUT2D eigenvalue weighted by Gasteiger charge is -2.24. The van der Waals surface area contributed by atoms with Crippen LogP contribution in [0.4, 0.5) is 4.79 Å². The molecular formula is C19H23NO3Si. The fourth-order valence-electron chi connectivity index (χ4n) is 2.49. The summed E-state index contributed by atoms with van der Waals surface area (Å²) in [7, 11) is -0.586. The summed E-state index contributed by atoms with van der Waals surface area (Å²) in [6.07, 6.45) is 1.10. The Hall–Kier alpha value is -2.37. The normalized spacial score (nSPS) is 12.8. The first-order valence-electron chi connectivity index (χ1n) is 7.81. The van der Waals surface area contributed by atoms with E-state index >= 15 is 0 Å². The molecule has 0 heterocycles. The van der Waals surface area contributed by atoms with Crippen molar-refractivity contribution in [3.8, 4) is 0 Å². The average Bonchev–Trinajstić information content (AvgIpc) is 2.62. The van der Waals surface area contributed by atoms with Crippen molar-refractivity contribution in [2.24, 2.45) is 0 Å². The lowest BCUT2D eigenvalue weighted by molar-refractivity contribution is -0.0897. The lowest BCUT2D eigenvalue weighted by atomic mass is 10.1. The van der Waals surface area contributed by atoms with Crippen LogP contribution in [0, 0.1) is 0 Å². The third kappa shape index (κ3) is 4.34. The van der Waals surface area contributed by atoms with Crippen LogP contribution in [-0.4, -0.2) is 31.5 Å². The number of hydrogen-bond donors (Lipinski definition) is 1. The second kappa shape index (κ2) is 7.94. The Morgan fingerprint density at radius 2 is 1.62 bits per heavy atom. The minimum atomic E-state index is -1.84. The van der Waals surface area contributed by atoms with E-state index in [0.29, 0.717) is 5.06 Å². The summed E-state index contributed by atoms with van der Waals surface area (Å²) < 4.78 is 4.65. The quantitative estimate of drug-likeness (QED) is 0.510. The van der Waals surface area contributed by atoms with Gasteiger partial charge in [-0.3, -0.25) is 5.21 Å². The molecule has 0 aliphatic rings. The third-order valence-corrected chi connectivity index (χ3v) is 6.83. The maximum absolute atomic E-state index is 11.8. The Labute approximate surface area is 144 Å². The fourth-order valence-corrected chi connectivity index (χ4v) is 4.39. The number of hydroxylamine groups is 2. The minimum Gasteiger partial charge on any atom is -0.451 e.